The summed E-state index contributed by atoms with van der Waals surface area (Å²) in [5, 5.41) is 15.7. The smallest absolute Gasteiger partial charge is 0.0349 e. The summed E-state index contributed by atoms with van der Waals surface area (Å²) in [6.45, 7) is 0. The third-order valence-electron chi connectivity index (χ3n) is 19.9. The van der Waals surface area contributed by atoms with Crippen molar-refractivity contribution in [3.05, 3.63) is 381 Å². The molecular formula is C84H56. The van der Waals surface area contributed by atoms with E-state index < -0.39 is 0 Å². The van der Waals surface area contributed by atoms with Crippen molar-refractivity contribution < 1.29 is 0 Å². The molecule has 0 fully saturated rings. The largest absolute Gasteiger partial charge is 0.0620 e. The molecule has 9 aliphatic rings. The highest BCUT2D eigenvalue weighted by Crippen LogP contribution is 2.64. The van der Waals surface area contributed by atoms with Gasteiger partial charge in [-0.3, -0.25) is 0 Å². The lowest BCUT2D eigenvalue weighted by Crippen LogP contribution is -2.35. The molecule has 0 saturated heterocycles. The van der Waals surface area contributed by atoms with Gasteiger partial charge in [0.1, 0.15) is 0 Å². The molecule has 0 saturated carbocycles. The average Bonchev–Trinajstić information content (AvgIpc) is 1.60. The maximum atomic E-state index is 2.46. The fraction of sp³-hybridized carbons (Fsp3) is 0.0714. The first kappa shape index (κ1) is 47.5. The van der Waals surface area contributed by atoms with Crippen LogP contribution in [0.15, 0.2) is 303 Å². The van der Waals surface area contributed by atoms with Crippen molar-refractivity contribution in [3.63, 3.8) is 0 Å². The summed E-state index contributed by atoms with van der Waals surface area (Å²) < 4.78 is 0. The molecule has 0 spiro atoms. The monoisotopic (exact) mass is 1060 g/mol. The molecule has 15 aromatic rings. The van der Waals surface area contributed by atoms with Crippen LogP contribution in [0.5, 0.6) is 0 Å². The van der Waals surface area contributed by atoms with E-state index in [0.29, 0.717) is 35.5 Å². The van der Waals surface area contributed by atoms with Crippen LogP contribution in [0.2, 0.25) is 0 Å². The highest BCUT2D eigenvalue weighted by atomic mass is 14.5. The van der Waals surface area contributed by atoms with Crippen molar-refractivity contribution in [1.29, 1.82) is 0 Å². The lowest BCUT2D eigenvalue weighted by Gasteiger charge is -2.50. The predicted octanol–water partition coefficient (Wildman–Crippen LogP) is 21.5. The SMILES string of the molecule is c1ccc2c(-c3c4ccccc4cc4ccccc34)c3ccccc3cc2c1.c1ccc2c(c1)C1c3ccccc3C2C2c3ccccc3C1c1ccccc12.c1ccc2c(c1)C1c3ccccc3C2c2cc3cc4ccccc4cc3cc21. The maximum Gasteiger partial charge on any atom is 0.0349 e. The highest BCUT2D eigenvalue weighted by molar-refractivity contribution is 6.23. The quantitative estimate of drug-likeness (QED) is 0.144. The summed E-state index contributed by atoms with van der Waals surface area (Å²) >= 11 is 0. The lowest BCUT2D eigenvalue weighted by atomic mass is 9.53. The van der Waals surface area contributed by atoms with Gasteiger partial charge in [-0.05, 0) is 190 Å². The molecule has 0 atom stereocenters. The van der Waals surface area contributed by atoms with Crippen molar-refractivity contribution in [1.82, 2.24) is 0 Å². The molecule has 0 aliphatic heterocycles. The first-order valence-electron chi connectivity index (χ1n) is 30.0. The second-order valence-corrected chi connectivity index (χ2v) is 24.0. The van der Waals surface area contributed by atoms with Crippen LogP contribution in [0.4, 0.5) is 0 Å². The van der Waals surface area contributed by atoms with E-state index in [1.165, 1.54) is 154 Å². The molecule has 6 bridgehead atoms. The van der Waals surface area contributed by atoms with E-state index in [0.717, 1.165) is 0 Å². The normalized spacial score (nSPS) is 18.5. The second kappa shape index (κ2) is 18.7. The van der Waals surface area contributed by atoms with Gasteiger partial charge in [0, 0.05) is 35.5 Å². The molecule has 0 amide bonds. The third-order valence-corrected chi connectivity index (χ3v) is 19.9. The van der Waals surface area contributed by atoms with Crippen LogP contribution in [0.25, 0.3) is 75.8 Å². The van der Waals surface area contributed by atoms with Crippen LogP contribution < -0.4 is 0 Å². The Labute approximate surface area is 489 Å². The molecule has 0 heteroatoms. The van der Waals surface area contributed by atoms with Gasteiger partial charge in [0.05, 0.1) is 0 Å². The first-order chi connectivity index (χ1) is 41.7. The summed E-state index contributed by atoms with van der Waals surface area (Å²) in [6, 6.07) is 113. The molecule has 0 nitrogen and oxygen atoms in total. The minimum absolute atomic E-state index is 0.350. The van der Waals surface area contributed by atoms with Crippen LogP contribution in [-0.2, 0) is 0 Å². The Morgan fingerprint density at radius 2 is 0.333 bits per heavy atom. The molecule has 0 unspecified atom stereocenters. The molecule has 9 aliphatic carbocycles. The van der Waals surface area contributed by atoms with Gasteiger partial charge in [-0.25, -0.2) is 0 Å². The molecule has 0 aromatic heterocycles. The highest BCUT2D eigenvalue weighted by Gasteiger charge is 2.49. The number of fused-ring (bicyclic) bond motifs is 6. The minimum Gasteiger partial charge on any atom is -0.0620 e. The summed E-state index contributed by atoms with van der Waals surface area (Å²) in [6.07, 6.45) is 0. The summed E-state index contributed by atoms with van der Waals surface area (Å²) in [4.78, 5) is 0. The zero-order valence-corrected chi connectivity index (χ0v) is 46.3. The number of hydrogen-bond donors (Lipinski definition) is 0. The van der Waals surface area contributed by atoms with Gasteiger partial charge in [0.2, 0.25) is 0 Å². The van der Waals surface area contributed by atoms with E-state index in [9.17, 15) is 0 Å². The van der Waals surface area contributed by atoms with E-state index in [1.54, 1.807) is 0 Å². The van der Waals surface area contributed by atoms with Gasteiger partial charge < -0.3 is 0 Å². The zero-order chi connectivity index (χ0) is 55.0. The summed E-state index contributed by atoms with van der Waals surface area (Å²) in [5.41, 5.74) is 23.9. The summed E-state index contributed by atoms with van der Waals surface area (Å²) in [5.74, 6) is 2.23. The van der Waals surface area contributed by atoms with Gasteiger partial charge >= 0.3 is 0 Å². The molecule has 84 heavy (non-hydrogen) atoms. The third kappa shape index (κ3) is 7.01. The Morgan fingerprint density at radius 1 is 0.143 bits per heavy atom. The van der Waals surface area contributed by atoms with Crippen LogP contribution >= 0.6 is 0 Å². The molecule has 0 heterocycles. The number of rotatable bonds is 1. The average molecular weight is 1070 g/mol. The molecule has 24 rings (SSSR count). The van der Waals surface area contributed by atoms with Gasteiger partial charge in [0.25, 0.3) is 0 Å². The molecular weight excluding hydrogens is 1010 g/mol. The maximum absolute atomic E-state index is 2.46. The molecule has 392 valence electrons. The Kier molecular flexibility index (Phi) is 10.6. The van der Waals surface area contributed by atoms with Gasteiger partial charge in [-0.2, -0.15) is 0 Å². The van der Waals surface area contributed by atoms with Crippen molar-refractivity contribution in [2.75, 3.05) is 0 Å². The molecule has 0 N–H and O–H groups in total. The fourth-order valence-corrected chi connectivity index (χ4v) is 16.6. The van der Waals surface area contributed by atoms with Crippen molar-refractivity contribution >= 4 is 64.6 Å². The topological polar surface area (TPSA) is 0 Å². The second-order valence-electron chi connectivity index (χ2n) is 24.0. The standard InChI is InChI=1S/C28H18.C28H20.C28H18/c1-2-8-18-14-20-16-26-25(15-19(20)13-17(18)7-1)27-21-9-3-5-11-23(21)28(26)24-12-6-4-10-22(24)27;1-2-10-18-17(9-1)25-19-11-3-4-12-20(19)26(18)28-23-15-7-5-13-21(23)27(25)22-14-6-8-16-24(22)28;1-5-13-23-19(9-1)17-20-10-2-6-14-24(20)27(23)28-25-15-7-3-11-21(25)18-22-12-4-8-16-26(22)28/h1-16,27-28H;1-16,25-28H;1-18H. The minimum atomic E-state index is 0.350. The van der Waals surface area contributed by atoms with Crippen molar-refractivity contribution in [3.8, 4) is 11.1 Å². The number of benzene rings is 15. The molecule has 0 radical (unpaired) electrons. The Balaban J connectivity index is 0.0000000959. The summed E-state index contributed by atoms with van der Waals surface area (Å²) in [7, 11) is 0. The molecule has 15 aromatic carbocycles. The van der Waals surface area contributed by atoms with E-state index in [2.05, 4.69) is 303 Å². The van der Waals surface area contributed by atoms with Crippen LogP contribution in [-0.4, -0.2) is 0 Å². The zero-order valence-electron chi connectivity index (χ0n) is 46.3. The van der Waals surface area contributed by atoms with E-state index in [-0.39, 0.29) is 0 Å². The predicted molar refractivity (Wildman–Crippen MR) is 351 cm³/mol. The fourth-order valence-electron chi connectivity index (χ4n) is 16.6. The van der Waals surface area contributed by atoms with E-state index in [1.807, 2.05) is 0 Å². The van der Waals surface area contributed by atoms with Crippen LogP contribution in [0.3, 0.4) is 0 Å². The lowest BCUT2D eigenvalue weighted by molar-refractivity contribution is 0.529. The Hall–Kier alpha value is -10.1. The Bertz CT molecular complexity index is 4540. The first-order valence-corrected chi connectivity index (χ1v) is 30.0. The van der Waals surface area contributed by atoms with Crippen molar-refractivity contribution in [2.45, 2.75) is 35.5 Å². The van der Waals surface area contributed by atoms with Gasteiger partial charge in [-0.1, -0.05) is 267 Å². The number of hydrogen-bond acceptors (Lipinski definition) is 0. The van der Waals surface area contributed by atoms with Crippen LogP contribution in [0, 0.1) is 0 Å². The van der Waals surface area contributed by atoms with Crippen molar-refractivity contribution in [2.24, 2.45) is 0 Å². The van der Waals surface area contributed by atoms with E-state index in [4.69, 9.17) is 0 Å². The Morgan fingerprint density at radius 3 is 0.583 bits per heavy atom. The van der Waals surface area contributed by atoms with Crippen LogP contribution in [0.1, 0.15) is 113 Å². The van der Waals surface area contributed by atoms with Gasteiger partial charge in [-0.15, -0.1) is 0 Å². The van der Waals surface area contributed by atoms with Gasteiger partial charge in [0.15, 0.2) is 0 Å². The van der Waals surface area contributed by atoms with E-state index >= 15 is 0 Å².